The van der Waals surface area contributed by atoms with Gasteiger partial charge in [-0.2, -0.15) is 0 Å². The lowest BCUT2D eigenvalue weighted by molar-refractivity contribution is -0.119. The van der Waals surface area contributed by atoms with E-state index in [9.17, 15) is 14.4 Å². The Morgan fingerprint density at radius 1 is 1.13 bits per heavy atom. The van der Waals surface area contributed by atoms with Gasteiger partial charge >= 0.3 is 0 Å². The van der Waals surface area contributed by atoms with E-state index in [4.69, 9.17) is 23.2 Å². The van der Waals surface area contributed by atoms with Crippen molar-refractivity contribution in [2.24, 2.45) is 0 Å². The number of likely N-dealkylation sites (tertiary alicyclic amines) is 1. The molecule has 2 heterocycles. The first-order valence-electron chi connectivity index (χ1n) is 9.44. The molecule has 0 saturated carbocycles. The first-order chi connectivity index (χ1) is 14.2. The number of anilines is 1. The van der Waals surface area contributed by atoms with Crippen LogP contribution in [-0.4, -0.2) is 59.2 Å². The number of rotatable bonds is 4. The summed E-state index contributed by atoms with van der Waals surface area (Å²) in [7, 11) is 3.28. The van der Waals surface area contributed by atoms with Gasteiger partial charge in [-0.3, -0.25) is 14.4 Å². The van der Waals surface area contributed by atoms with Gasteiger partial charge in [0.05, 0.1) is 11.3 Å². The van der Waals surface area contributed by atoms with Gasteiger partial charge in [-0.15, -0.1) is 0 Å². The summed E-state index contributed by atoms with van der Waals surface area (Å²) in [5, 5.41) is 3.60. The maximum absolute atomic E-state index is 13.1. The van der Waals surface area contributed by atoms with Crippen LogP contribution >= 0.6 is 23.2 Å². The Balaban J connectivity index is 1.78. The number of pyridine rings is 1. The molecule has 1 aromatic heterocycles. The average Bonchev–Trinajstić information content (AvgIpc) is 3.15. The molecule has 0 radical (unpaired) electrons. The zero-order valence-electron chi connectivity index (χ0n) is 16.9. The van der Waals surface area contributed by atoms with Crippen molar-refractivity contribution in [3.05, 3.63) is 57.3 Å². The highest BCUT2D eigenvalue weighted by molar-refractivity contribution is 6.35. The van der Waals surface area contributed by atoms with Crippen LogP contribution in [0.2, 0.25) is 10.0 Å². The molecular formula is C21H22Cl2N4O3. The molecule has 1 unspecified atom stereocenters. The van der Waals surface area contributed by atoms with E-state index in [0.717, 1.165) is 0 Å². The third kappa shape index (κ3) is 4.74. The van der Waals surface area contributed by atoms with E-state index in [1.807, 2.05) is 0 Å². The normalized spacial score (nSPS) is 15.8. The third-order valence-corrected chi connectivity index (χ3v) is 5.32. The highest BCUT2D eigenvalue weighted by Crippen LogP contribution is 2.26. The molecule has 1 aliphatic heterocycles. The number of benzene rings is 1. The number of nitrogens with zero attached hydrogens (tertiary/aromatic N) is 3. The van der Waals surface area contributed by atoms with E-state index in [-0.39, 0.29) is 23.4 Å². The molecule has 158 valence electrons. The predicted molar refractivity (Wildman–Crippen MR) is 116 cm³/mol. The number of aromatic nitrogens is 1. The van der Waals surface area contributed by atoms with Crippen LogP contribution in [0.4, 0.5) is 5.69 Å². The number of aryl methyl sites for hydroxylation is 1. The summed E-state index contributed by atoms with van der Waals surface area (Å²) in [5.41, 5.74) is 1.56. The fourth-order valence-corrected chi connectivity index (χ4v) is 3.95. The molecule has 0 spiro atoms. The van der Waals surface area contributed by atoms with Crippen LogP contribution in [0.5, 0.6) is 0 Å². The molecular weight excluding hydrogens is 427 g/mol. The molecule has 0 aliphatic carbocycles. The lowest BCUT2D eigenvalue weighted by Crippen LogP contribution is -2.43. The number of carbonyl (C=O) groups is 3. The molecule has 1 saturated heterocycles. The van der Waals surface area contributed by atoms with E-state index in [1.165, 1.54) is 11.0 Å². The molecule has 3 rings (SSSR count). The maximum atomic E-state index is 13.1. The largest absolute Gasteiger partial charge is 0.343 e. The molecule has 7 nitrogen and oxygen atoms in total. The summed E-state index contributed by atoms with van der Waals surface area (Å²) in [6.07, 6.45) is 1.26. The van der Waals surface area contributed by atoms with Crippen molar-refractivity contribution in [1.29, 1.82) is 0 Å². The van der Waals surface area contributed by atoms with Crippen molar-refractivity contribution in [3.63, 3.8) is 0 Å². The zero-order valence-corrected chi connectivity index (χ0v) is 18.4. The lowest BCUT2D eigenvalue weighted by Gasteiger charge is -2.24. The van der Waals surface area contributed by atoms with Crippen molar-refractivity contribution < 1.29 is 14.4 Å². The van der Waals surface area contributed by atoms with E-state index >= 15 is 0 Å². The van der Waals surface area contributed by atoms with E-state index in [1.54, 1.807) is 50.2 Å². The molecule has 1 atom stereocenters. The molecule has 30 heavy (non-hydrogen) atoms. The third-order valence-electron chi connectivity index (χ3n) is 4.89. The van der Waals surface area contributed by atoms with Crippen LogP contribution in [0.25, 0.3) is 0 Å². The van der Waals surface area contributed by atoms with Gasteiger partial charge in [0, 0.05) is 36.4 Å². The van der Waals surface area contributed by atoms with Crippen LogP contribution in [-0.2, 0) is 4.79 Å². The number of nitrogens with one attached hydrogen (secondary N) is 1. The Morgan fingerprint density at radius 3 is 2.40 bits per heavy atom. The summed E-state index contributed by atoms with van der Waals surface area (Å²) < 4.78 is 0. The summed E-state index contributed by atoms with van der Waals surface area (Å²) in [5.74, 6) is -0.828. The van der Waals surface area contributed by atoms with E-state index in [2.05, 4.69) is 10.3 Å². The summed E-state index contributed by atoms with van der Waals surface area (Å²) in [6.45, 7) is 2.14. The van der Waals surface area contributed by atoms with Gasteiger partial charge in [-0.25, -0.2) is 4.98 Å². The molecule has 3 amide bonds. The van der Waals surface area contributed by atoms with E-state index in [0.29, 0.717) is 46.4 Å². The Bertz CT molecular complexity index is 989. The second-order valence-corrected chi connectivity index (χ2v) is 8.21. The van der Waals surface area contributed by atoms with Crippen LogP contribution in [0.15, 0.2) is 30.3 Å². The van der Waals surface area contributed by atoms with E-state index < -0.39 is 6.04 Å². The molecule has 1 aliphatic rings. The molecule has 1 fully saturated rings. The number of amides is 3. The van der Waals surface area contributed by atoms with Crippen molar-refractivity contribution in [2.45, 2.75) is 25.8 Å². The maximum Gasteiger partial charge on any atom is 0.271 e. The fourth-order valence-electron chi connectivity index (χ4n) is 3.42. The number of carbonyl (C=O) groups excluding carboxylic acids is 3. The van der Waals surface area contributed by atoms with Gasteiger partial charge in [-0.1, -0.05) is 23.2 Å². The zero-order chi connectivity index (χ0) is 22.0. The van der Waals surface area contributed by atoms with Gasteiger partial charge in [0.2, 0.25) is 5.91 Å². The first kappa shape index (κ1) is 22.1. The van der Waals surface area contributed by atoms with Gasteiger partial charge < -0.3 is 15.1 Å². The van der Waals surface area contributed by atoms with Crippen molar-refractivity contribution in [1.82, 2.24) is 14.8 Å². The lowest BCUT2D eigenvalue weighted by atomic mass is 10.1. The van der Waals surface area contributed by atoms with Crippen LogP contribution in [0.1, 0.15) is 39.4 Å². The van der Waals surface area contributed by atoms with Gasteiger partial charge in [0.15, 0.2) is 0 Å². The quantitative estimate of drug-likeness (QED) is 0.773. The van der Waals surface area contributed by atoms with Gasteiger partial charge in [-0.05, 0) is 50.1 Å². The van der Waals surface area contributed by atoms with Crippen LogP contribution in [0, 0.1) is 6.92 Å². The number of halogens is 2. The Hall–Kier alpha value is -2.64. The summed E-state index contributed by atoms with van der Waals surface area (Å²) in [6, 6.07) is 7.28. The first-order valence-corrected chi connectivity index (χ1v) is 10.2. The minimum Gasteiger partial charge on any atom is -0.343 e. The SMILES string of the molecule is Cc1nc(C(=O)N(C)C)ccc1C(=O)N1CCCC1C(=O)Nc1cc(Cl)cc(Cl)c1. The Labute approximate surface area is 185 Å². The molecule has 2 aromatic rings. The smallest absolute Gasteiger partial charge is 0.271 e. The second kappa shape index (κ2) is 9.02. The standard InChI is InChI=1S/C21H22Cl2N4O3/c1-12-16(6-7-17(24-12)21(30)26(2)3)20(29)27-8-4-5-18(27)19(28)25-15-10-13(22)9-14(23)11-15/h6-7,9-11,18H,4-5,8H2,1-3H3,(H,25,28). The molecule has 1 aromatic carbocycles. The van der Waals surface area contributed by atoms with Crippen LogP contribution < -0.4 is 5.32 Å². The second-order valence-electron chi connectivity index (χ2n) is 7.33. The monoisotopic (exact) mass is 448 g/mol. The van der Waals surface area contributed by atoms with Crippen molar-refractivity contribution >= 4 is 46.6 Å². The number of hydrogen-bond donors (Lipinski definition) is 1. The number of hydrogen-bond acceptors (Lipinski definition) is 4. The van der Waals surface area contributed by atoms with Crippen molar-refractivity contribution in [2.75, 3.05) is 26.0 Å². The van der Waals surface area contributed by atoms with Gasteiger partial charge in [0.25, 0.3) is 11.8 Å². The minimum atomic E-state index is -0.613. The van der Waals surface area contributed by atoms with Gasteiger partial charge in [0.1, 0.15) is 11.7 Å². The molecule has 1 N–H and O–H groups in total. The van der Waals surface area contributed by atoms with Crippen LogP contribution in [0.3, 0.4) is 0 Å². The Morgan fingerprint density at radius 2 is 1.80 bits per heavy atom. The highest BCUT2D eigenvalue weighted by atomic mass is 35.5. The molecule has 0 bridgehead atoms. The summed E-state index contributed by atoms with van der Waals surface area (Å²) >= 11 is 12.0. The topological polar surface area (TPSA) is 82.6 Å². The predicted octanol–water partition coefficient (Wildman–Crippen LogP) is 3.64. The molecule has 9 heteroatoms. The minimum absolute atomic E-state index is 0.240. The fraction of sp³-hybridized carbons (Fsp3) is 0.333. The van der Waals surface area contributed by atoms with Crippen molar-refractivity contribution in [3.8, 4) is 0 Å². The average molecular weight is 449 g/mol. The highest BCUT2D eigenvalue weighted by Gasteiger charge is 2.35. The Kier molecular flexibility index (Phi) is 6.63. The summed E-state index contributed by atoms with van der Waals surface area (Å²) in [4.78, 5) is 45.3.